The fraction of sp³-hybridized carbons (Fsp3) is 0.556. The maximum Gasteiger partial charge on any atom is 0.233 e. The van der Waals surface area contributed by atoms with E-state index in [1.54, 1.807) is 18.2 Å². The zero-order valence-electron chi connectivity index (χ0n) is 13.5. The molecule has 3 rings (SSSR count). The van der Waals surface area contributed by atoms with Gasteiger partial charge in [0.1, 0.15) is 6.42 Å². The highest BCUT2D eigenvalue weighted by Gasteiger charge is 2.33. The number of hydrogen-bond acceptors (Lipinski definition) is 2. The van der Waals surface area contributed by atoms with Gasteiger partial charge in [-0.1, -0.05) is 24.1 Å². The van der Waals surface area contributed by atoms with Crippen LogP contribution in [0.5, 0.6) is 0 Å². The van der Waals surface area contributed by atoms with Crippen LogP contribution in [0.2, 0.25) is 5.02 Å². The van der Waals surface area contributed by atoms with Crippen LogP contribution >= 0.6 is 11.6 Å². The quantitative estimate of drug-likeness (QED) is 0.858. The predicted octanol–water partition coefficient (Wildman–Crippen LogP) is 3.63. The highest BCUT2D eigenvalue weighted by atomic mass is 35.5. The highest BCUT2D eigenvalue weighted by Crippen LogP contribution is 2.34. The Morgan fingerprint density at radius 3 is 2.65 bits per heavy atom. The molecular weight excluding hydrogens is 312 g/mol. The Morgan fingerprint density at radius 2 is 1.96 bits per heavy atom. The Morgan fingerprint density at radius 1 is 1.26 bits per heavy atom. The van der Waals surface area contributed by atoms with Crippen molar-refractivity contribution in [3.05, 3.63) is 28.8 Å². The fourth-order valence-electron chi connectivity index (χ4n) is 3.82. The van der Waals surface area contributed by atoms with Gasteiger partial charge in [0.25, 0.3) is 0 Å². The van der Waals surface area contributed by atoms with Crippen LogP contribution in [0.25, 0.3) is 0 Å². The summed E-state index contributed by atoms with van der Waals surface area (Å²) in [5.74, 6) is 0.934. The van der Waals surface area contributed by atoms with Crippen LogP contribution in [-0.4, -0.2) is 29.8 Å². The van der Waals surface area contributed by atoms with Gasteiger partial charge in [-0.05, 0) is 55.7 Å². The minimum Gasteiger partial charge on any atom is -0.342 e. The summed E-state index contributed by atoms with van der Waals surface area (Å²) in [5, 5.41) is 3.41. The molecule has 0 spiro atoms. The van der Waals surface area contributed by atoms with Gasteiger partial charge in [0.05, 0.1) is 0 Å². The number of amides is 2. The number of hydrogen-bond donors (Lipinski definition) is 1. The number of likely N-dealkylation sites (tertiary alicyclic amines) is 1. The van der Waals surface area contributed by atoms with Gasteiger partial charge in [0, 0.05) is 23.8 Å². The fourth-order valence-corrected chi connectivity index (χ4v) is 4.00. The van der Waals surface area contributed by atoms with Gasteiger partial charge in [0.2, 0.25) is 11.8 Å². The summed E-state index contributed by atoms with van der Waals surface area (Å²) in [5.41, 5.74) is 1.49. The maximum absolute atomic E-state index is 12.4. The summed E-state index contributed by atoms with van der Waals surface area (Å²) >= 11 is 6.05. The molecule has 1 heterocycles. The van der Waals surface area contributed by atoms with Crippen LogP contribution in [0.4, 0.5) is 5.69 Å². The molecule has 1 aliphatic heterocycles. The number of piperidine rings is 1. The van der Waals surface area contributed by atoms with Crippen molar-refractivity contribution in [3.8, 4) is 0 Å². The van der Waals surface area contributed by atoms with E-state index in [1.807, 2.05) is 11.8 Å². The van der Waals surface area contributed by atoms with Crippen molar-refractivity contribution in [3.63, 3.8) is 0 Å². The zero-order valence-corrected chi connectivity index (χ0v) is 14.2. The Kier molecular flexibility index (Phi) is 4.90. The van der Waals surface area contributed by atoms with E-state index >= 15 is 0 Å². The summed E-state index contributed by atoms with van der Waals surface area (Å²) in [4.78, 5) is 26.5. The summed E-state index contributed by atoms with van der Waals surface area (Å²) in [7, 11) is 0. The Labute approximate surface area is 142 Å². The van der Waals surface area contributed by atoms with Crippen LogP contribution in [0.1, 0.15) is 37.7 Å². The van der Waals surface area contributed by atoms with E-state index in [0.717, 1.165) is 18.7 Å². The lowest BCUT2D eigenvalue weighted by atomic mass is 9.78. The van der Waals surface area contributed by atoms with Crippen LogP contribution < -0.4 is 5.32 Å². The molecule has 5 heteroatoms. The number of nitrogens with zero attached hydrogens (tertiary/aromatic N) is 1. The second kappa shape index (κ2) is 6.91. The Balaban J connectivity index is 1.57. The van der Waals surface area contributed by atoms with Crippen molar-refractivity contribution in [2.24, 2.45) is 11.8 Å². The topological polar surface area (TPSA) is 49.4 Å². The maximum atomic E-state index is 12.4. The van der Waals surface area contributed by atoms with Crippen molar-refractivity contribution >= 4 is 29.1 Å². The first-order valence-electron chi connectivity index (χ1n) is 8.35. The molecule has 4 nitrogen and oxygen atoms in total. The molecule has 2 bridgehead atoms. The molecule has 124 valence electrons. The molecule has 2 unspecified atom stereocenters. The molecule has 2 fully saturated rings. The number of halogens is 1. The molecule has 1 aliphatic carbocycles. The third-order valence-electron chi connectivity index (χ3n) is 5.05. The highest BCUT2D eigenvalue weighted by molar-refractivity contribution is 6.31. The van der Waals surface area contributed by atoms with Crippen molar-refractivity contribution in [2.75, 3.05) is 18.4 Å². The minimum absolute atomic E-state index is 0.0567. The molecule has 0 radical (unpaired) electrons. The minimum atomic E-state index is -0.268. The van der Waals surface area contributed by atoms with E-state index in [9.17, 15) is 9.59 Å². The molecule has 1 saturated carbocycles. The molecule has 1 N–H and O–H groups in total. The largest absolute Gasteiger partial charge is 0.342 e. The van der Waals surface area contributed by atoms with E-state index in [0.29, 0.717) is 22.5 Å². The van der Waals surface area contributed by atoms with Crippen LogP contribution in [-0.2, 0) is 9.59 Å². The summed E-state index contributed by atoms with van der Waals surface area (Å²) in [6.07, 6.45) is 4.87. The van der Waals surface area contributed by atoms with Crippen molar-refractivity contribution < 1.29 is 9.59 Å². The number of fused-ring (bicyclic) bond motifs is 2. The molecular formula is C18H23ClN2O2. The van der Waals surface area contributed by atoms with E-state index in [2.05, 4.69) is 5.32 Å². The van der Waals surface area contributed by atoms with Gasteiger partial charge in [-0.2, -0.15) is 0 Å². The average Bonchev–Trinajstić information content (AvgIpc) is 2.51. The van der Waals surface area contributed by atoms with E-state index < -0.39 is 0 Å². The molecule has 1 aromatic carbocycles. The Bertz CT molecular complexity index is 605. The lowest BCUT2D eigenvalue weighted by molar-refractivity contribution is -0.137. The van der Waals surface area contributed by atoms with E-state index in [1.165, 1.54) is 25.7 Å². The normalized spacial score (nSPS) is 23.5. The average molecular weight is 335 g/mol. The second-order valence-corrected chi connectivity index (χ2v) is 7.24. The smallest absolute Gasteiger partial charge is 0.233 e. The van der Waals surface area contributed by atoms with E-state index in [4.69, 9.17) is 11.6 Å². The zero-order chi connectivity index (χ0) is 16.4. The third kappa shape index (κ3) is 3.86. The number of nitrogens with one attached hydrogen (secondary N) is 1. The van der Waals surface area contributed by atoms with Gasteiger partial charge < -0.3 is 10.2 Å². The van der Waals surface area contributed by atoms with Crippen molar-refractivity contribution in [2.45, 2.75) is 39.0 Å². The molecule has 1 saturated heterocycles. The van der Waals surface area contributed by atoms with Gasteiger partial charge in [-0.3, -0.25) is 9.59 Å². The SMILES string of the molecule is Cc1c(Cl)cccc1NC(=O)CC(=O)N1CC2CCCC(C2)C1. The number of carbonyl (C=O) groups is 2. The lowest BCUT2D eigenvalue weighted by Crippen LogP contribution is -2.46. The molecule has 0 aromatic heterocycles. The number of anilines is 1. The van der Waals surface area contributed by atoms with Crippen LogP contribution in [0.15, 0.2) is 18.2 Å². The van der Waals surface area contributed by atoms with Crippen LogP contribution in [0, 0.1) is 18.8 Å². The predicted molar refractivity (Wildman–Crippen MR) is 91.5 cm³/mol. The van der Waals surface area contributed by atoms with Gasteiger partial charge >= 0.3 is 0 Å². The Hall–Kier alpha value is -1.55. The first kappa shape index (κ1) is 16.3. The van der Waals surface area contributed by atoms with Gasteiger partial charge in [-0.25, -0.2) is 0 Å². The molecule has 2 aliphatic rings. The molecule has 23 heavy (non-hydrogen) atoms. The number of carbonyl (C=O) groups excluding carboxylic acids is 2. The van der Waals surface area contributed by atoms with Crippen LogP contribution in [0.3, 0.4) is 0 Å². The van der Waals surface area contributed by atoms with Crippen molar-refractivity contribution in [1.82, 2.24) is 4.90 Å². The standard InChI is InChI=1S/C18H23ClN2O2/c1-12-15(19)6-3-7-16(12)20-17(22)9-18(23)21-10-13-4-2-5-14(8-13)11-21/h3,6-7,13-14H,2,4-5,8-11H2,1H3,(H,20,22). The molecule has 2 atom stereocenters. The monoisotopic (exact) mass is 334 g/mol. The first-order chi connectivity index (χ1) is 11.0. The number of rotatable bonds is 3. The summed E-state index contributed by atoms with van der Waals surface area (Å²) < 4.78 is 0. The second-order valence-electron chi connectivity index (χ2n) is 6.83. The summed E-state index contributed by atoms with van der Waals surface area (Å²) in [6.45, 7) is 3.49. The third-order valence-corrected chi connectivity index (χ3v) is 5.46. The summed E-state index contributed by atoms with van der Waals surface area (Å²) in [6, 6.07) is 5.37. The van der Waals surface area contributed by atoms with Gasteiger partial charge in [-0.15, -0.1) is 0 Å². The molecule has 2 amide bonds. The van der Waals surface area contributed by atoms with Gasteiger partial charge in [0.15, 0.2) is 0 Å². The van der Waals surface area contributed by atoms with Crippen molar-refractivity contribution in [1.29, 1.82) is 0 Å². The first-order valence-corrected chi connectivity index (χ1v) is 8.73. The lowest BCUT2D eigenvalue weighted by Gasteiger charge is -2.41. The number of benzene rings is 1. The molecule has 1 aromatic rings. The van der Waals surface area contributed by atoms with E-state index in [-0.39, 0.29) is 18.2 Å².